The molecule has 0 radical (unpaired) electrons. The third-order valence-corrected chi connectivity index (χ3v) is 2.97. The smallest absolute Gasteiger partial charge is 0.0992 e. The monoisotopic (exact) mass is 231 g/mol. The molecule has 1 aliphatic rings. The summed E-state index contributed by atoms with van der Waals surface area (Å²) in [6, 6.07) is 9.98. The van der Waals surface area contributed by atoms with Crippen molar-refractivity contribution in [1.29, 1.82) is 5.26 Å². The molecule has 2 rings (SSSR count). The average molecular weight is 231 g/mol. The zero-order valence-corrected chi connectivity index (χ0v) is 9.93. The van der Waals surface area contributed by atoms with Gasteiger partial charge in [-0.2, -0.15) is 5.26 Å². The van der Waals surface area contributed by atoms with E-state index >= 15 is 0 Å². The Morgan fingerprint density at radius 2 is 2.29 bits per heavy atom. The van der Waals surface area contributed by atoms with Gasteiger partial charge in [0, 0.05) is 31.4 Å². The molecule has 1 aliphatic heterocycles. The molecule has 0 aliphatic carbocycles. The van der Waals surface area contributed by atoms with Gasteiger partial charge in [0.1, 0.15) is 0 Å². The third-order valence-electron chi connectivity index (χ3n) is 2.97. The number of anilines is 1. The van der Waals surface area contributed by atoms with Gasteiger partial charge in [0.2, 0.25) is 0 Å². The molecule has 0 aromatic heterocycles. The molecule has 2 atom stereocenters. The second kappa shape index (κ2) is 5.17. The van der Waals surface area contributed by atoms with Gasteiger partial charge in [-0.15, -0.1) is 0 Å². The van der Waals surface area contributed by atoms with Crippen molar-refractivity contribution in [3.05, 3.63) is 29.8 Å². The Labute approximate surface area is 101 Å². The quantitative estimate of drug-likeness (QED) is 0.747. The molecule has 1 aromatic carbocycles. The minimum absolute atomic E-state index is 0.331. The first-order valence-corrected chi connectivity index (χ1v) is 5.85. The van der Waals surface area contributed by atoms with E-state index < -0.39 is 0 Å². The van der Waals surface area contributed by atoms with Gasteiger partial charge in [-0.25, -0.2) is 0 Å². The van der Waals surface area contributed by atoms with E-state index in [1.165, 1.54) is 0 Å². The lowest BCUT2D eigenvalue weighted by Crippen LogP contribution is -2.35. The van der Waals surface area contributed by atoms with Gasteiger partial charge in [0.15, 0.2) is 0 Å². The van der Waals surface area contributed by atoms with Crippen LogP contribution in [-0.2, 0) is 0 Å². The summed E-state index contributed by atoms with van der Waals surface area (Å²) in [6.07, 6.45) is -0.370. The van der Waals surface area contributed by atoms with Crippen molar-refractivity contribution in [2.24, 2.45) is 0 Å². The average Bonchev–Trinajstić information content (AvgIpc) is 2.51. The number of aliphatic hydroxyl groups excluding tert-OH is 1. The Bertz CT molecular complexity index is 415. The number of β-amino-alcohol motifs (C(OH)–C–C–N with tert-alkyl or cyclic N) is 1. The molecular weight excluding hydrogens is 214 g/mol. The maximum absolute atomic E-state index is 9.80. The van der Waals surface area contributed by atoms with Crippen LogP contribution in [0.15, 0.2) is 24.3 Å². The highest BCUT2D eigenvalue weighted by Gasteiger charge is 2.20. The molecular formula is C13H17N3O. The third kappa shape index (κ3) is 2.96. The highest BCUT2D eigenvalue weighted by Crippen LogP contribution is 2.17. The molecule has 1 heterocycles. The number of hydrogen-bond donors (Lipinski definition) is 2. The Balaban J connectivity index is 2.21. The van der Waals surface area contributed by atoms with E-state index in [1.54, 1.807) is 6.07 Å². The van der Waals surface area contributed by atoms with Crippen LogP contribution in [0, 0.1) is 11.3 Å². The Hall–Kier alpha value is -1.57. The predicted molar refractivity (Wildman–Crippen MR) is 66.8 cm³/mol. The SMILES string of the molecule is CC1CN(c2cccc(C#N)c2)CC(O)CN1. The van der Waals surface area contributed by atoms with E-state index in [4.69, 9.17) is 5.26 Å². The normalized spacial score (nSPS) is 25.1. The second-order valence-corrected chi connectivity index (χ2v) is 4.53. The highest BCUT2D eigenvalue weighted by molar-refractivity contribution is 5.51. The number of nitrogens with one attached hydrogen (secondary N) is 1. The zero-order valence-electron chi connectivity index (χ0n) is 9.93. The van der Waals surface area contributed by atoms with Gasteiger partial charge in [0.25, 0.3) is 0 Å². The predicted octanol–water partition coefficient (Wildman–Crippen LogP) is 0.717. The van der Waals surface area contributed by atoms with Crippen LogP contribution in [0.25, 0.3) is 0 Å². The van der Waals surface area contributed by atoms with Crippen LogP contribution >= 0.6 is 0 Å². The van der Waals surface area contributed by atoms with E-state index in [0.29, 0.717) is 24.7 Å². The van der Waals surface area contributed by atoms with Crippen LogP contribution in [0.5, 0.6) is 0 Å². The first-order chi connectivity index (χ1) is 8.19. The van der Waals surface area contributed by atoms with Crippen LogP contribution in [0.3, 0.4) is 0 Å². The lowest BCUT2D eigenvalue weighted by atomic mass is 10.2. The molecule has 1 aromatic rings. The standard InChI is InChI=1S/C13H17N3O/c1-10-8-16(9-13(17)7-15-10)12-4-2-3-11(5-12)6-14/h2-5,10,13,15,17H,7-9H2,1H3. The topological polar surface area (TPSA) is 59.3 Å². The van der Waals surface area contributed by atoms with E-state index in [9.17, 15) is 5.11 Å². The number of rotatable bonds is 1. The van der Waals surface area contributed by atoms with E-state index in [-0.39, 0.29) is 6.10 Å². The lowest BCUT2D eigenvalue weighted by molar-refractivity contribution is 0.183. The van der Waals surface area contributed by atoms with Crippen molar-refractivity contribution < 1.29 is 5.11 Å². The summed E-state index contributed by atoms with van der Waals surface area (Å²) in [5.74, 6) is 0. The number of nitrogens with zero attached hydrogens (tertiary/aromatic N) is 2. The summed E-state index contributed by atoms with van der Waals surface area (Å²) in [4.78, 5) is 2.12. The van der Waals surface area contributed by atoms with Crippen molar-refractivity contribution in [1.82, 2.24) is 5.32 Å². The van der Waals surface area contributed by atoms with E-state index in [1.807, 2.05) is 18.2 Å². The summed E-state index contributed by atoms with van der Waals surface area (Å²) in [6.45, 7) is 4.16. The second-order valence-electron chi connectivity index (χ2n) is 4.53. The van der Waals surface area contributed by atoms with Crippen molar-refractivity contribution >= 4 is 5.69 Å². The molecule has 2 unspecified atom stereocenters. The fourth-order valence-electron chi connectivity index (χ4n) is 2.11. The molecule has 0 bridgehead atoms. The van der Waals surface area contributed by atoms with Crippen molar-refractivity contribution in [2.75, 3.05) is 24.5 Å². The molecule has 4 nitrogen and oxygen atoms in total. The number of nitriles is 1. The largest absolute Gasteiger partial charge is 0.390 e. The molecule has 2 N–H and O–H groups in total. The van der Waals surface area contributed by atoms with E-state index in [2.05, 4.69) is 23.2 Å². The van der Waals surface area contributed by atoms with Crippen molar-refractivity contribution in [3.63, 3.8) is 0 Å². The first kappa shape index (κ1) is 11.9. The number of benzene rings is 1. The molecule has 4 heteroatoms. The Morgan fingerprint density at radius 3 is 3.06 bits per heavy atom. The Kier molecular flexibility index (Phi) is 3.62. The van der Waals surface area contributed by atoms with Gasteiger partial charge in [-0.05, 0) is 25.1 Å². The maximum Gasteiger partial charge on any atom is 0.0992 e. The van der Waals surface area contributed by atoms with Crippen molar-refractivity contribution in [3.8, 4) is 6.07 Å². The molecule has 90 valence electrons. The summed E-state index contributed by atoms with van der Waals surface area (Å²) in [5.41, 5.74) is 1.65. The van der Waals surface area contributed by atoms with Crippen LogP contribution in [0.2, 0.25) is 0 Å². The lowest BCUT2D eigenvalue weighted by Gasteiger charge is -2.25. The van der Waals surface area contributed by atoms with Crippen LogP contribution < -0.4 is 10.2 Å². The van der Waals surface area contributed by atoms with Crippen molar-refractivity contribution in [2.45, 2.75) is 19.1 Å². The van der Waals surface area contributed by atoms with Crippen LogP contribution in [-0.4, -0.2) is 36.9 Å². The minimum Gasteiger partial charge on any atom is -0.390 e. The summed E-state index contributed by atoms with van der Waals surface area (Å²) in [7, 11) is 0. The van der Waals surface area contributed by atoms with Crippen LogP contribution in [0.4, 0.5) is 5.69 Å². The number of aliphatic hydroxyl groups is 1. The fraction of sp³-hybridized carbons (Fsp3) is 0.462. The summed E-state index contributed by atoms with van der Waals surface area (Å²) >= 11 is 0. The van der Waals surface area contributed by atoms with Gasteiger partial charge in [0.05, 0.1) is 17.7 Å². The van der Waals surface area contributed by atoms with Gasteiger partial charge < -0.3 is 15.3 Å². The molecule has 17 heavy (non-hydrogen) atoms. The molecule has 1 saturated heterocycles. The first-order valence-electron chi connectivity index (χ1n) is 5.85. The highest BCUT2D eigenvalue weighted by atomic mass is 16.3. The van der Waals surface area contributed by atoms with E-state index in [0.717, 1.165) is 12.2 Å². The summed E-state index contributed by atoms with van der Waals surface area (Å²) < 4.78 is 0. The number of hydrogen-bond acceptors (Lipinski definition) is 4. The molecule has 1 fully saturated rings. The fourth-order valence-corrected chi connectivity index (χ4v) is 2.11. The Morgan fingerprint density at radius 1 is 1.47 bits per heavy atom. The summed E-state index contributed by atoms with van der Waals surface area (Å²) in [5, 5.41) is 22.0. The maximum atomic E-state index is 9.80. The molecule has 0 spiro atoms. The zero-order chi connectivity index (χ0) is 12.3. The van der Waals surface area contributed by atoms with Gasteiger partial charge >= 0.3 is 0 Å². The van der Waals surface area contributed by atoms with Gasteiger partial charge in [-0.3, -0.25) is 0 Å². The molecule has 0 amide bonds. The van der Waals surface area contributed by atoms with Gasteiger partial charge in [-0.1, -0.05) is 6.07 Å². The minimum atomic E-state index is -0.370. The molecule has 0 saturated carbocycles. The van der Waals surface area contributed by atoms with Crippen LogP contribution in [0.1, 0.15) is 12.5 Å².